The lowest BCUT2D eigenvalue weighted by atomic mass is 10.0. The van der Waals surface area contributed by atoms with E-state index >= 15 is 0 Å². The molecule has 0 N–H and O–H groups in total. The Morgan fingerprint density at radius 2 is 2.04 bits per heavy atom. The molecule has 4 rings (SSSR count). The van der Waals surface area contributed by atoms with E-state index in [1.54, 1.807) is 12.3 Å². The first kappa shape index (κ1) is 16.5. The van der Waals surface area contributed by atoms with Crippen molar-refractivity contribution in [3.63, 3.8) is 0 Å². The molecule has 0 spiro atoms. The highest BCUT2D eigenvalue weighted by Gasteiger charge is 2.14. The van der Waals surface area contributed by atoms with Gasteiger partial charge in [0.1, 0.15) is 0 Å². The number of pyridine rings is 1. The average molecular weight is 348 g/mol. The highest BCUT2D eigenvalue weighted by atomic mass is 16.5. The number of hydrogen-bond acceptors (Lipinski definition) is 4. The van der Waals surface area contributed by atoms with Crippen LogP contribution in [0, 0.1) is 0 Å². The predicted molar refractivity (Wildman–Crippen MR) is 100 cm³/mol. The van der Waals surface area contributed by atoms with Gasteiger partial charge in [-0.3, -0.25) is 14.5 Å². The third kappa shape index (κ3) is 3.23. The van der Waals surface area contributed by atoms with Gasteiger partial charge in [0.15, 0.2) is 0 Å². The summed E-state index contributed by atoms with van der Waals surface area (Å²) in [5.74, 6) is 0.0122. The highest BCUT2D eigenvalue weighted by Crippen LogP contribution is 2.27. The summed E-state index contributed by atoms with van der Waals surface area (Å²) in [5, 5.41) is 5.39. The zero-order valence-corrected chi connectivity index (χ0v) is 14.6. The second kappa shape index (κ2) is 7.09. The number of morpholine rings is 1. The van der Waals surface area contributed by atoms with Crippen LogP contribution in [0.5, 0.6) is 0 Å². The Morgan fingerprint density at radius 1 is 1.19 bits per heavy atom. The molecule has 0 unspecified atom stereocenters. The van der Waals surface area contributed by atoms with Crippen molar-refractivity contribution in [3.05, 3.63) is 54.5 Å². The Kier molecular flexibility index (Phi) is 4.50. The minimum atomic E-state index is 0.0122. The molecule has 0 saturated carbocycles. The minimum absolute atomic E-state index is 0.0122. The van der Waals surface area contributed by atoms with Crippen LogP contribution in [0.2, 0.25) is 0 Å². The lowest BCUT2D eigenvalue weighted by molar-refractivity contribution is -0.129. The van der Waals surface area contributed by atoms with Crippen LogP contribution in [-0.2, 0) is 16.6 Å². The molecular formula is C20H20N4O2. The number of ether oxygens (including phenoxy) is 1. The fourth-order valence-corrected chi connectivity index (χ4v) is 3.15. The van der Waals surface area contributed by atoms with Crippen LogP contribution in [0.1, 0.15) is 5.56 Å². The standard InChI is InChI=1S/C20H20N4O2/c1-23-19-12-16(2-3-17(19)13-22-23)18-14-21-7-6-15(18)4-5-20(25)24-8-10-26-11-9-24/h2-7,12-14H,8-11H2,1H3/b5-4+. The van der Waals surface area contributed by atoms with Crippen LogP contribution in [-0.4, -0.2) is 51.9 Å². The molecule has 1 aliphatic rings. The second-order valence-corrected chi connectivity index (χ2v) is 6.28. The van der Waals surface area contributed by atoms with Crippen molar-refractivity contribution in [1.82, 2.24) is 19.7 Å². The van der Waals surface area contributed by atoms with Crippen LogP contribution >= 0.6 is 0 Å². The van der Waals surface area contributed by atoms with Gasteiger partial charge in [-0.15, -0.1) is 0 Å². The van der Waals surface area contributed by atoms with Crippen molar-refractivity contribution < 1.29 is 9.53 Å². The molecule has 1 amide bonds. The molecule has 0 radical (unpaired) electrons. The van der Waals surface area contributed by atoms with Crippen molar-refractivity contribution >= 4 is 22.9 Å². The number of fused-ring (bicyclic) bond motifs is 1. The van der Waals surface area contributed by atoms with Gasteiger partial charge >= 0.3 is 0 Å². The first-order valence-corrected chi connectivity index (χ1v) is 8.63. The van der Waals surface area contributed by atoms with E-state index in [1.165, 1.54) is 0 Å². The molecule has 6 heteroatoms. The van der Waals surface area contributed by atoms with Gasteiger partial charge in [0, 0.05) is 49.6 Å². The summed E-state index contributed by atoms with van der Waals surface area (Å²) in [7, 11) is 1.93. The van der Waals surface area contributed by atoms with Crippen molar-refractivity contribution in [3.8, 4) is 11.1 Å². The number of carbonyl (C=O) groups excluding carboxylic acids is 1. The van der Waals surface area contributed by atoms with Gasteiger partial charge in [-0.2, -0.15) is 5.10 Å². The van der Waals surface area contributed by atoms with Crippen LogP contribution < -0.4 is 0 Å². The maximum atomic E-state index is 12.4. The van der Waals surface area contributed by atoms with E-state index in [2.05, 4.69) is 28.3 Å². The number of aromatic nitrogens is 3. The summed E-state index contributed by atoms with van der Waals surface area (Å²) in [5.41, 5.74) is 4.06. The smallest absolute Gasteiger partial charge is 0.246 e. The Labute approximate surface area is 151 Å². The van der Waals surface area contributed by atoms with E-state index in [9.17, 15) is 4.79 Å². The SMILES string of the molecule is Cn1ncc2ccc(-c3cnccc3/C=C/C(=O)N3CCOCC3)cc21. The van der Waals surface area contributed by atoms with E-state index in [0.717, 1.165) is 27.6 Å². The first-order chi connectivity index (χ1) is 12.7. The quantitative estimate of drug-likeness (QED) is 0.683. The average Bonchev–Trinajstić information content (AvgIpc) is 3.07. The van der Waals surface area contributed by atoms with Gasteiger partial charge in [-0.25, -0.2) is 0 Å². The lowest BCUT2D eigenvalue weighted by Crippen LogP contribution is -2.39. The topological polar surface area (TPSA) is 60.2 Å². The largest absolute Gasteiger partial charge is 0.378 e. The van der Waals surface area contributed by atoms with E-state index in [4.69, 9.17) is 4.74 Å². The molecule has 26 heavy (non-hydrogen) atoms. The normalized spacial score (nSPS) is 15.0. The third-order valence-electron chi connectivity index (χ3n) is 4.64. The van der Waals surface area contributed by atoms with E-state index < -0.39 is 0 Å². The Morgan fingerprint density at radius 3 is 2.88 bits per heavy atom. The molecule has 3 aromatic rings. The fourth-order valence-electron chi connectivity index (χ4n) is 3.15. The molecule has 132 valence electrons. The van der Waals surface area contributed by atoms with Crippen LogP contribution in [0.3, 0.4) is 0 Å². The molecule has 1 fully saturated rings. The molecule has 1 aliphatic heterocycles. The third-order valence-corrected chi connectivity index (χ3v) is 4.64. The maximum Gasteiger partial charge on any atom is 0.246 e. The van der Waals surface area contributed by atoms with E-state index in [0.29, 0.717) is 26.3 Å². The molecule has 1 aromatic carbocycles. The highest BCUT2D eigenvalue weighted by molar-refractivity contribution is 5.93. The van der Waals surface area contributed by atoms with Crippen LogP contribution in [0.4, 0.5) is 0 Å². The Hall–Kier alpha value is -2.99. The van der Waals surface area contributed by atoms with E-state index in [-0.39, 0.29) is 5.91 Å². The number of benzene rings is 1. The molecule has 3 heterocycles. The monoisotopic (exact) mass is 348 g/mol. The Balaban J connectivity index is 1.64. The van der Waals surface area contributed by atoms with Crippen LogP contribution in [0.25, 0.3) is 28.1 Å². The summed E-state index contributed by atoms with van der Waals surface area (Å²) < 4.78 is 7.15. The predicted octanol–water partition coefficient (Wildman–Crippen LogP) is 2.51. The van der Waals surface area contributed by atoms with Crippen molar-refractivity contribution in [2.75, 3.05) is 26.3 Å². The van der Waals surface area contributed by atoms with Gasteiger partial charge in [0.05, 0.1) is 24.9 Å². The lowest BCUT2D eigenvalue weighted by Gasteiger charge is -2.25. The zero-order valence-electron chi connectivity index (χ0n) is 14.6. The van der Waals surface area contributed by atoms with Gasteiger partial charge in [-0.1, -0.05) is 12.1 Å². The van der Waals surface area contributed by atoms with Crippen molar-refractivity contribution in [2.24, 2.45) is 7.05 Å². The maximum absolute atomic E-state index is 12.4. The molecule has 6 nitrogen and oxygen atoms in total. The second-order valence-electron chi connectivity index (χ2n) is 6.28. The van der Waals surface area contributed by atoms with Gasteiger partial charge in [-0.05, 0) is 29.3 Å². The number of hydrogen-bond donors (Lipinski definition) is 0. The zero-order chi connectivity index (χ0) is 17.9. The molecule has 0 bridgehead atoms. The summed E-state index contributed by atoms with van der Waals surface area (Å²) in [6.45, 7) is 2.49. The Bertz CT molecular complexity index is 971. The molecule has 0 aliphatic carbocycles. The number of nitrogens with zero attached hydrogens (tertiary/aromatic N) is 4. The number of rotatable bonds is 3. The number of carbonyl (C=O) groups is 1. The summed E-state index contributed by atoms with van der Waals surface area (Å²) in [6, 6.07) is 8.13. The van der Waals surface area contributed by atoms with Crippen LogP contribution in [0.15, 0.2) is 48.9 Å². The molecular weight excluding hydrogens is 328 g/mol. The molecule has 2 aromatic heterocycles. The van der Waals surface area contributed by atoms with Gasteiger partial charge in [0.25, 0.3) is 0 Å². The van der Waals surface area contributed by atoms with Gasteiger partial charge in [0.2, 0.25) is 5.91 Å². The van der Waals surface area contributed by atoms with E-state index in [1.807, 2.05) is 41.2 Å². The summed E-state index contributed by atoms with van der Waals surface area (Å²) >= 11 is 0. The van der Waals surface area contributed by atoms with Crippen molar-refractivity contribution in [2.45, 2.75) is 0 Å². The minimum Gasteiger partial charge on any atom is -0.378 e. The van der Waals surface area contributed by atoms with Crippen molar-refractivity contribution in [1.29, 1.82) is 0 Å². The fraction of sp³-hybridized carbons (Fsp3) is 0.250. The first-order valence-electron chi connectivity index (χ1n) is 8.63. The number of aryl methyl sites for hydroxylation is 1. The number of amides is 1. The summed E-state index contributed by atoms with van der Waals surface area (Å²) in [4.78, 5) is 18.4. The van der Waals surface area contributed by atoms with Gasteiger partial charge < -0.3 is 9.64 Å². The molecule has 0 atom stereocenters. The summed E-state index contributed by atoms with van der Waals surface area (Å²) in [6.07, 6.45) is 8.92. The molecule has 1 saturated heterocycles.